The van der Waals surface area contributed by atoms with Crippen LogP contribution in [0.2, 0.25) is 0 Å². The van der Waals surface area contributed by atoms with Crippen LogP contribution in [0.1, 0.15) is 26.7 Å². The predicted molar refractivity (Wildman–Crippen MR) is 56.2 cm³/mol. The van der Waals surface area contributed by atoms with Crippen LogP contribution < -0.4 is 5.32 Å². The molecule has 1 N–H and O–H groups in total. The molecule has 0 aliphatic carbocycles. The van der Waals surface area contributed by atoms with E-state index in [-0.39, 0.29) is 0 Å². The standard InChI is InChI=1S/C9H18N2S/c1-7(2)8-5-4-6-11(8)9(12)10-3/h7-8H,4-6H2,1-3H3,(H,10,12). The van der Waals surface area contributed by atoms with Gasteiger partial charge in [-0.05, 0) is 31.0 Å². The summed E-state index contributed by atoms with van der Waals surface area (Å²) in [4.78, 5) is 2.32. The first-order valence-electron chi connectivity index (χ1n) is 4.65. The third-order valence-corrected chi connectivity index (χ3v) is 2.98. The SMILES string of the molecule is CNC(=S)N1CCCC1C(C)C. The van der Waals surface area contributed by atoms with Gasteiger partial charge in [-0.1, -0.05) is 13.8 Å². The van der Waals surface area contributed by atoms with E-state index in [4.69, 9.17) is 12.2 Å². The van der Waals surface area contributed by atoms with Gasteiger partial charge >= 0.3 is 0 Å². The Bertz CT molecular complexity index is 168. The highest BCUT2D eigenvalue weighted by Crippen LogP contribution is 2.23. The maximum Gasteiger partial charge on any atom is 0.168 e. The molecular formula is C9H18N2S. The Balaban J connectivity index is 2.57. The third kappa shape index (κ3) is 1.89. The minimum Gasteiger partial charge on any atom is -0.366 e. The minimum atomic E-state index is 0.657. The Kier molecular flexibility index (Phi) is 3.32. The second-order valence-electron chi connectivity index (χ2n) is 3.70. The number of likely N-dealkylation sites (tertiary alicyclic amines) is 1. The lowest BCUT2D eigenvalue weighted by Gasteiger charge is -2.29. The smallest absolute Gasteiger partial charge is 0.168 e. The van der Waals surface area contributed by atoms with Crippen LogP contribution in [0.3, 0.4) is 0 Å². The van der Waals surface area contributed by atoms with Crippen LogP contribution in [0.15, 0.2) is 0 Å². The van der Waals surface area contributed by atoms with Gasteiger partial charge in [0.2, 0.25) is 0 Å². The summed E-state index contributed by atoms with van der Waals surface area (Å²) in [6.45, 7) is 5.66. The van der Waals surface area contributed by atoms with Gasteiger partial charge in [0.1, 0.15) is 0 Å². The Morgan fingerprint density at radius 1 is 1.58 bits per heavy atom. The van der Waals surface area contributed by atoms with E-state index in [1.165, 1.54) is 12.8 Å². The number of hydrogen-bond acceptors (Lipinski definition) is 1. The normalized spacial score (nSPS) is 23.3. The molecule has 0 saturated carbocycles. The molecule has 2 nitrogen and oxygen atoms in total. The van der Waals surface area contributed by atoms with Gasteiger partial charge in [0.05, 0.1) is 0 Å². The topological polar surface area (TPSA) is 15.3 Å². The van der Waals surface area contributed by atoms with Gasteiger partial charge in [-0.2, -0.15) is 0 Å². The van der Waals surface area contributed by atoms with Crippen molar-refractivity contribution < 1.29 is 0 Å². The highest BCUT2D eigenvalue weighted by atomic mass is 32.1. The summed E-state index contributed by atoms with van der Waals surface area (Å²) in [6, 6.07) is 0.657. The molecule has 0 aromatic heterocycles. The van der Waals surface area contributed by atoms with E-state index in [0.717, 1.165) is 11.7 Å². The molecule has 0 aromatic rings. The molecule has 0 radical (unpaired) electrons. The van der Waals surface area contributed by atoms with Crippen molar-refractivity contribution in [1.29, 1.82) is 0 Å². The number of hydrogen-bond donors (Lipinski definition) is 1. The van der Waals surface area contributed by atoms with Crippen LogP contribution in [0.5, 0.6) is 0 Å². The van der Waals surface area contributed by atoms with E-state index in [2.05, 4.69) is 24.1 Å². The van der Waals surface area contributed by atoms with E-state index in [0.29, 0.717) is 12.0 Å². The summed E-state index contributed by atoms with van der Waals surface area (Å²) in [5.41, 5.74) is 0. The first-order chi connectivity index (χ1) is 5.66. The van der Waals surface area contributed by atoms with Crippen molar-refractivity contribution in [1.82, 2.24) is 10.2 Å². The fourth-order valence-electron chi connectivity index (χ4n) is 1.88. The first kappa shape index (κ1) is 9.78. The highest BCUT2D eigenvalue weighted by molar-refractivity contribution is 7.80. The summed E-state index contributed by atoms with van der Waals surface area (Å²) < 4.78 is 0. The average Bonchev–Trinajstić information content (AvgIpc) is 2.50. The Hall–Kier alpha value is -0.310. The molecule has 1 unspecified atom stereocenters. The van der Waals surface area contributed by atoms with E-state index >= 15 is 0 Å². The molecule has 1 aliphatic rings. The van der Waals surface area contributed by atoms with E-state index < -0.39 is 0 Å². The molecule has 0 bridgehead atoms. The molecule has 1 atom stereocenters. The molecule has 1 fully saturated rings. The number of nitrogens with zero attached hydrogens (tertiary/aromatic N) is 1. The largest absolute Gasteiger partial charge is 0.366 e. The fraction of sp³-hybridized carbons (Fsp3) is 0.889. The third-order valence-electron chi connectivity index (χ3n) is 2.54. The second-order valence-corrected chi connectivity index (χ2v) is 4.09. The number of nitrogens with one attached hydrogen (secondary N) is 1. The Morgan fingerprint density at radius 3 is 2.75 bits per heavy atom. The van der Waals surface area contributed by atoms with Crippen LogP contribution >= 0.6 is 12.2 Å². The monoisotopic (exact) mass is 186 g/mol. The summed E-state index contributed by atoms with van der Waals surface area (Å²) in [5.74, 6) is 0.707. The quantitative estimate of drug-likeness (QED) is 0.626. The van der Waals surface area contributed by atoms with Crippen LogP contribution in [0, 0.1) is 5.92 Å². The van der Waals surface area contributed by atoms with E-state index in [1.807, 2.05) is 7.05 Å². The van der Waals surface area contributed by atoms with Crippen LogP contribution in [0.25, 0.3) is 0 Å². The lowest BCUT2D eigenvalue weighted by molar-refractivity contribution is 0.307. The molecule has 12 heavy (non-hydrogen) atoms. The number of rotatable bonds is 1. The van der Waals surface area contributed by atoms with Crippen LogP contribution in [-0.4, -0.2) is 29.6 Å². The van der Waals surface area contributed by atoms with Gasteiger partial charge in [0.15, 0.2) is 5.11 Å². The summed E-state index contributed by atoms with van der Waals surface area (Å²) in [7, 11) is 1.90. The molecule has 3 heteroatoms. The van der Waals surface area contributed by atoms with Crippen molar-refractivity contribution in [2.45, 2.75) is 32.7 Å². The average molecular weight is 186 g/mol. The van der Waals surface area contributed by atoms with Gasteiger partial charge in [0, 0.05) is 19.6 Å². The van der Waals surface area contributed by atoms with Crippen molar-refractivity contribution in [2.24, 2.45) is 5.92 Å². The second kappa shape index (κ2) is 4.08. The summed E-state index contributed by atoms with van der Waals surface area (Å²) in [5, 5.41) is 3.96. The van der Waals surface area contributed by atoms with Crippen molar-refractivity contribution in [3.05, 3.63) is 0 Å². The zero-order valence-corrected chi connectivity index (χ0v) is 8.95. The molecule has 1 heterocycles. The molecule has 1 aliphatic heterocycles. The van der Waals surface area contributed by atoms with Gasteiger partial charge < -0.3 is 10.2 Å². The molecule has 0 amide bonds. The fourth-order valence-corrected chi connectivity index (χ4v) is 2.11. The highest BCUT2D eigenvalue weighted by Gasteiger charge is 2.27. The van der Waals surface area contributed by atoms with Crippen LogP contribution in [0.4, 0.5) is 0 Å². The molecule has 0 aromatic carbocycles. The lowest BCUT2D eigenvalue weighted by atomic mass is 10.0. The van der Waals surface area contributed by atoms with Gasteiger partial charge in [0.25, 0.3) is 0 Å². The van der Waals surface area contributed by atoms with Gasteiger partial charge in [-0.15, -0.1) is 0 Å². The lowest BCUT2D eigenvalue weighted by Crippen LogP contribution is -2.43. The Labute approximate surface area is 80.3 Å². The van der Waals surface area contributed by atoms with Crippen molar-refractivity contribution >= 4 is 17.3 Å². The molecular weight excluding hydrogens is 168 g/mol. The zero-order valence-electron chi connectivity index (χ0n) is 8.13. The maximum atomic E-state index is 5.23. The minimum absolute atomic E-state index is 0.657. The van der Waals surface area contributed by atoms with Crippen molar-refractivity contribution in [3.8, 4) is 0 Å². The van der Waals surface area contributed by atoms with Gasteiger partial charge in [-0.3, -0.25) is 0 Å². The van der Waals surface area contributed by atoms with Crippen molar-refractivity contribution in [2.75, 3.05) is 13.6 Å². The van der Waals surface area contributed by atoms with Gasteiger partial charge in [-0.25, -0.2) is 0 Å². The summed E-state index contributed by atoms with van der Waals surface area (Å²) in [6.07, 6.45) is 2.57. The molecule has 1 saturated heterocycles. The zero-order chi connectivity index (χ0) is 9.14. The van der Waals surface area contributed by atoms with E-state index in [1.54, 1.807) is 0 Å². The summed E-state index contributed by atoms with van der Waals surface area (Å²) >= 11 is 5.23. The predicted octanol–water partition coefficient (Wildman–Crippen LogP) is 1.61. The Morgan fingerprint density at radius 2 is 2.25 bits per heavy atom. The maximum absolute atomic E-state index is 5.23. The molecule has 0 spiro atoms. The van der Waals surface area contributed by atoms with Crippen molar-refractivity contribution in [3.63, 3.8) is 0 Å². The van der Waals surface area contributed by atoms with Crippen LogP contribution in [-0.2, 0) is 0 Å². The molecule has 1 rings (SSSR count). The first-order valence-corrected chi connectivity index (χ1v) is 5.06. The molecule has 70 valence electrons. The van der Waals surface area contributed by atoms with E-state index in [9.17, 15) is 0 Å². The number of thiocarbonyl (C=S) groups is 1.